The van der Waals surface area contributed by atoms with Crippen molar-refractivity contribution < 1.29 is 8.42 Å². The van der Waals surface area contributed by atoms with Crippen molar-refractivity contribution in [1.82, 2.24) is 4.90 Å². The number of hydrogen-bond donors (Lipinski definition) is 1. The van der Waals surface area contributed by atoms with Gasteiger partial charge in [0.25, 0.3) is 0 Å². The van der Waals surface area contributed by atoms with E-state index in [-0.39, 0.29) is 11.8 Å². The third-order valence-electron chi connectivity index (χ3n) is 2.73. The second kappa shape index (κ2) is 6.87. The predicted molar refractivity (Wildman–Crippen MR) is 75.3 cm³/mol. The summed E-state index contributed by atoms with van der Waals surface area (Å²) in [5, 5.41) is 0. The Labute approximate surface area is 110 Å². The Balaban J connectivity index is 2.34. The van der Waals surface area contributed by atoms with E-state index in [1.54, 1.807) is 0 Å². The van der Waals surface area contributed by atoms with E-state index in [0.29, 0.717) is 13.1 Å². The first kappa shape index (κ1) is 15.1. The molecule has 1 unspecified atom stereocenters. The molecule has 1 aromatic carbocycles. The minimum Gasteiger partial charge on any atom is -0.326 e. The molecule has 0 radical (unpaired) electrons. The van der Waals surface area contributed by atoms with Gasteiger partial charge in [0.05, 0.1) is 5.75 Å². The third-order valence-corrected chi connectivity index (χ3v) is 3.65. The summed E-state index contributed by atoms with van der Waals surface area (Å²) >= 11 is 0. The van der Waals surface area contributed by atoms with E-state index in [1.807, 2.05) is 30.1 Å². The molecule has 5 heteroatoms. The molecule has 0 saturated carbocycles. The molecule has 0 aliphatic heterocycles. The highest BCUT2D eigenvalue weighted by atomic mass is 32.2. The average molecular weight is 270 g/mol. The van der Waals surface area contributed by atoms with E-state index >= 15 is 0 Å². The lowest BCUT2D eigenvalue weighted by Crippen LogP contribution is -2.38. The van der Waals surface area contributed by atoms with E-state index in [2.05, 4.69) is 12.1 Å². The van der Waals surface area contributed by atoms with Gasteiger partial charge < -0.3 is 10.6 Å². The standard InChI is InChI=1S/C13H22N2O2S/c1-15(8-9-18(2,16)17)11-13(14)10-12-6-4-3-5-7-12/h3-7,13H,8-11,14H2,1-2H3. The molecule has 0 aromatic heterocycles. The van der Waals surface area contributed by atoms with Crippen LogP contribution in [0.3, 0.4) is 0 Å². The number of nitrogens with zero attached hydrogens (tertiary/aromatic N) is 1. The summed E-state index contributed by atoms with van der Waals surface area (Å²) in [6.45, 7) is 1.23. The van der Waals surface area contributed by atoms with Gasteiger partial charge in [0.2, 0.25) is 0 Å². The van der Waals surface area contributed by atoms with Crippen LogP contribution in [0.1, 0.15) is 5.56 Å². The van der Waals surface area contributed by atoms with Crippen LogP contribution in [0.5, 0.6) is 0 Å². The first-order valence-corrected chi connectivity index (χ1v) is 8.08. The fourth-order valence-electron chi connectivity index (χ4n) is 1.79. The molecule has 0 aliphatic rings. The summed E-state index contributed by atoms with van der Waals surface area (Å²) in [5.74, 6) is 0.182. The van der Waals surface area contributed by atoms with Gasteiger partial charge in [-0.25, -0.2) is 8.42 Å². The van der Waals surface area contributed by atoms with Crippen molar-refractivity contribution in [1.29, 1.82) is 0 Å². The normalized spacial score (nSPS) is 13.8. The Morgan fingerprint density at radius 3 is 2.44 bits per heavy atom. The van der Waals surface area contributed by atoms with Crippen LogP contribution in [0.25, 0.3) is 0 Å². The Morgan fingerprint density at radius 1 is 1.28 bits per heavy atom. The number of hydrogen-bond acceptors (Lipinski definition) is 4. The van der Waals surface area contributed by atoms with Crippen molar-refractivity contribution in [3.8, 4) is 0 Å². The van der Waals surface area contributed by atoms with Crippen LogP contribution in [0.4, 0.5) is 0 Å². The molecule has 0 aliphatic carbocycles. The van der Waals surface area contributed by atoms with E-state index in [1.165, 1.54) is 11.8 Å². The maximum Gasteiger partial charge on any atom is 0.148 e. The minimum absolute atomic E-state index is 0.0250. The van der Waals surface area contributed by atoms with Crippen LogP contribution >= 0.6 is 0 Å². The Morgan fingerprint density at radius 2 is 1.89 bits per heavy atom. The Kier molecular flexibility index (Phi) is 5.78. The zero-order valence-corrected chi connectivity index (χ0v) is 11.9. The number of rotatable bonds is 7. The molecule has 0 fully saturated rings. The van der Waals surface area contributed by atoms with Crippen LogP contribution in [0.2, 0.25) is 0 Å². The maximum atomic E-state index is 11.1. The number of benzene rings is 1. The molecule has 18 heavy (non-hydrogen) atoms. The second-order valence-corrected chi connectivity index (χ2v) is 7.10. The maximum absolute atomic E-state index is 11.1. The van der Waals surface area contributed by atoms with Crippen LogP contribution < -0.4 is 5.73 Å². The van der Waals surface area contributed by atoms with Gasteiger partial charge in [-0.2, -0.15) is 0 Å². The summed E-state index contributed by atoms with van der Waals surface area (Å²) in [6.07, 6.45) is 2.06. The molecule has 0 bridgehead atoms. The van der Waals surface area contributed by atoms with Gasteiger partial charge in [-0.1, -0.05) is 30.3 Å². The van der Waals surface area contributed by atoms with Gasteiger partial charge in [0.1, 0.15) is 9.84 Å². The van der Waals surface area contributed by atoms with Crippen LogP contribution in [-0.4, -0.2) is 51.5 Å². The lowest BCUT2D eigenvalue weighted by molar-refractivity contribution is 0.326. The molecule has 0 heterocycles. The van der Waals surface area contributed by atoms with Gasteiger partial charge in [0.15, 0.2) is 0 Å². The first-order valence-electron chi connectivity index (χ1n) is 6.02. The molecule has 1 rings (SSSR count). The lowest BCUT2D eigenvalue weighted by Gasteiger charge is -2.20. The predicted octanol–water partition coefficient (Wildman–Crippen LogP) is 0.533. The third kappa shape index (κ3) is 6.74. The van der Waals surface area contributed by atoms with Crippen molar-refractivity contribution in [2.24, 2.45) is 5.73 Å². The largest absolute Gasteiger partial charge is 0.326 e. The molecule has 102 valence electrons. The number of nitrogens with two attached hydrogens (primary N) is 1. The average Bonchev–Trinajstić information content (AvgIpc) is 2.26. The number of likely N-dealkylation sites (N-methyl/N-ethyl adjacent to an activating group) is 1. The molecule has 4 nitrogen and oxygen atoms in total. The molecular formula is C13H22N2O2S. The summed E-state index contributed by atoms with van der Waals surface area (Å²) in [4.78, 5) is 1.97. The van der Waals surface area contributed by atoms with E-state index in [9.17, 15) is 8.42 Å². The van der Waals surface area contributed by atoms with Gasteiger partial charge in [0, 0.05) is 25.4 Å². The van der Waals surface area contributed by atoms with Crippen LogP contribution in [-0.2, 0) is 16.3 Å². The SMILES string of the molecule is CN(CCS(C)(=O)=O)CC(N)Cc1ccccc1. The fourth-order valence-corrected chi connectivity index (χ4v) is 2.44. The van der Waals surface area contributed by atoms with Gasteiger partial charge >= 0.3 is 0 Å². The van der Waals surface area contributed by atoms with Crippen molar-refractivity contribution in [3.63, 3.8) is 0 Å². The van der Waals surface area contributed by atoms with Gasteiger partial charge in [-0.15, -0.1) is 0 Å². The summed E-state index contributed by atoms with van der Waals surface area (Å²) in [5.41, 5.74) is 7.26. The molecule has 2 N–H and O–H groups in total. The highest BCUT2D eigenvalue weighted by Crippen LogP contribution is 2.02. The summed E-state index contributed by atoms with van der Waals surface area (Å²) in [6, 6.07) is 10.1. The molecule has 1 aromatic rings. The fraction of sp³-hybridized carbons (Fsp3) is 0.538. The van der Waals surface area contributed by atoms with Crippen LogP contribution in [0, 0.1) is 0 Å². The van der Waals surface area contributed by atoms with E-state index in [0.717, 1.165) is 6.42 Å². The Hall–Kier alpha value is -0.910. The quantitative estimate of drug-likeness (QED) is 0.785. The summed E-state index contributed by atoms with van der Waals surface area (Å²) in [7, 11) is -0.998. The van der Waals surface area contributed by atoms with Crippen molar-refractivity contribution >= 4 is 9.84 Å². The lowest BCUT2D eigenvalue weighted by atomic mass is 10.1. The van der Waals surface area contributed by atoms with Gasteiger partial charge in [-0.05, 0) is 19.0 Å². The Bertz CT molecular complexity index is 445. The molecule has 0 spiro atoms. The zero-order chi connectivity index (χ0) is 13.6. The first-order chi connectivity index (χ1) is 8.37. The second-order valence-electron chi connectivity index (χ2n) is 4.84. The molecule has 0 amide bonds. The van der Waals surface area contributed by atoms with Crippen molar-refractivity contribution in [2.75, 3.05) is 32.1 Å². The molecular weight excluding hydrogens is 248 g/mol. The molecule has 0 saturated heterocycles. The van der Waals surface area contributed by atoms with Crippen molar-refractivity contribution in [3.05, 3.63) is 35.9 Å². The van der Waals surface area contributed by atoms with Gasteiger partial charge in [-0.3, -0.25) is 0 Å². The van der Waals surface area contributed by atoms with E-state index in [4.69, 9.17) is 5.73 Å². The van der Waals surface area contributed by atoms with Crippen LogP contribution in [0.15, 0.2) is 30.3 Å². The highest BCUT2D eigenvalue weighted by molar-refractivity contribution is 7.90. The highest BCUT2D eigenvalue weighted by Gasteiger charge is 2.10. The summed E-state index contributed by atoms with van der Waals surface area (Å²) < 4.78 is 22.1. The molecule has 1 atom stereocenters. The minimum atomic E-state index is -2.90. The topological polar surface area (TPSA) is 63.4 Å². The zero-order valence-electron chi connectivity index (χ0n) is 11.0. The van der Waals surface area contributed by atoms with E-state index < -0.39 is 9.84 Å². The van der Waals surface area contributed by atoms with Crippen molar-refractivity contribution in [2.45, 2.75) is 12.5 Å². The number of sulfone groups is 1. The smallest absolute Gasteiger partial charge is 0.148 e. The monoisotopic (exact) mass is 270 g/mol.